The van der Waals surface area contributed by atoms with Crippen LogP contribution in [0, 0.1) is 0 Å². The van der Waals surface area contributed by atoms with E-state index in [4.69, 9.17) is 5.73 Å². The van der Waals surface area contributed by atoms with E-state index < -0.39 is 11.9 Å². The zero-order valence-electron chi connectivity index (χ0n) is 8.11. The highest BCUT2D eigenvalue weighted by molar-refractivity contribution is 7.98. The second kappa shape index (κ2) is 5.26. The first-order valence-corrected chi connectivity index (χ1v) is 5.36. The molecule has 15 heavy (non-hydrogen) atoms. The number of rotatable bonds is 2. The van der Waals surface area contributed by atoms with Gasteiger partial charge in [0.15, 0.2) is 0 Å². The lowest BCUT2D eigenvalue weighted by Gasteiger charge is -2.04. The fraction of sp³-hybridized carbons (Fsp3) is 0.111. The molecule has 0 fully saturated rings. The van der Waals surface area contributed by atoms with Crippen LogP contribution in [0.1, 0.15) is 10.4 Å². The lowest BCUT2D eigenvalue weighted by Crippen LogP contribution is -2.44. The fourth-order valence-corrected chi connectivity index (χ4v) is 1.34. The number of hydrazine groups is 1. The maximum Gasteiger partial charge on any atom is 0.330 e. The third-order valence-corrected chi connectivity index (χ3v) is 2.40. The second-order valence-electron chi connectivity index (χ2n) is 2.67. The molecule has 1 rings (SSSR count). The summed E-state index contributed by atoms with van der Waals surface area (Å²) in [5.41, 5.74) is 9.43. The quantitative estimate of drug-likeness (QED) is 0.512. The van der Waals surface area contributed by atoms with Gasteiger partial charge in [-0.15, -0.1) is 11.8 Å². The average molecular weight is 225 g/mol. The van der Waals surface area contributed by atoms with E-state index in [1.165, 1.54) is 0 Å². The van der Waals surface area contributed by atoms with Gasteiger partial charge in [-0.1, -0.05) is 0 Å². The number of hydrogen-bond donors (Lipinski definition) is 3. The molecule has 0 saturated carbocycles. The van der Waals surface area contributed by atoms with Crippen molar-refractivity contribution in [1.29, 1.82) is 0 Å². The van der Waals surface area contributed by atoms with Crippen molar-refractivity contribution in [3.63, 3.8) is 0 Å². The van der Waals surface area contributed by atoms with Crippen molar-refractivity contribution in [2.75, 3.05) is 6.26 Å². The van der Waals surface area contributed by atoms with Crippen LogP contribution in [0.5, 0.6) is 0 Å². The number of amides is 3. The number of nitrogens with two attached hydrogens (primary N) is 1. The maximum absolute atomic E-state index is 11.4. The topological polar surface area (TPSA) is 84.2 Å². The van der Waals surface area contributed by atoms with Crippen molar-refractivity contribution < 1.29 is 9.59 Å². The number of thioether (sulfide) groups is 1. The van der Waals surface area contributed by atoms with Crippen molar-refractivity contribution in [3.8, 4) is 0 Å². The largest absolute Gasteiger partial charge is 0.350 e. The lowest BCUT2D eigenvalue weighted by atomic mass is 10.2. The SMILES string of the molecule is CSc1ccc(C(=O)NNC(N)=O)cc1. The number of benzene rings is 1. The van der Waals surface area contributed by atoms with Crippen molar-refractivity contribution in [2.24, 2.45) is 5.73 Å². The van der Waals surface area contributed by atoms with E-state index in [-0.39, 0.29) is 0 Å². The number of carbonyl (C=O) groups is 2. The van der Waals surface area contributed by atoms with Crippen LogP contribution in [0.2, 0.25) is 0 Å². The summed E-state index contributed by atoms with van der Waals surface area (Å²) >= 11 is 1.59. The summed E-state index contributed by atoms with van der Waals surface area (Å²) in [6.45, 7) is 0. The number of hydrogen-bond acceptors (Lipinski definition) is 3. The van der Waals surface area contributed by atoms with Crippen molar-refractivity contribution in [1.82, 2.24) is 10.9 Å². The normalized spacial score (nSPS) is 9.40. The molecule has 80 valence electrons. The Kier molecular flexibility index (Phi) is 3.99. The molecule has 0 bridgehead atoms. The van der Waals surface area contributed by atoms with E-state index in [9.17, 15) is 9.59 Å². The van der Waals surface area contributed by atoms with Crippen LogP contribution >= 0.6 is 11.8 Å². The van der Waals surface area contributed by atoms with E-state index in [0.717, 1.165) is 4.90 Å². The Morgan fingerprint density at radius 3 is 2.27 bits per heavy atom. The minimum Gasteiger partial charge on any atom is -0.350 e. The smallest absolute Gasteiger partial charge is 0.330 e. The van der Waals surface area contributed by atoms with Crippen LogP contribution in [0.3, 0.4) is 0 Å². The minimum absolute atomic E-state index is 0.401. The van der Waals surface area contributed by atoms with Crippen LogP contribution in [0.25, 0.3) is 0 Å². The molecule has 5 nitrogen and oxygen atoms in total. The van der Waals surface area contributed by atoms with Gasteiger partial charge < -0.3 is 5.73 Å². The monoisotopic (exact) mass is 225 g/mol. The molecule has 0 aliphatic rings. The Morgan fingerprint density at radius 2 is 1.80 bits per heavy atom. The van der Waals surface area contributed by atoms with Gasteiger partial charge in [-0.3, -0.25) is 10.2 Å². The Labute approximate surface area is 91.4 Å². The summed E-state index contributed by atoms with van der Waals surface area (Å²) < 4.78 is 0. The van der Waals surface area contributed by atoms with E-state index in [1.807, 2.05) is 23.8 Å². The molecule has 0 atom stereocenters. The number of urea groups is 1. The zero-order chi connectivity index (χ0) is 11.3. The number of carbonyl (C=O) groups excluding carboxylic acids is 2. The minimum atomic E-state index is -0.802. The summed E-state index contributed by atoms with van der Waals surface area (Å²) in [4.78, 5) is 22.8. The molecule has 0 spiro atoms. The van der Waals surface area contributed by atoms with Crippen LogP contribution in [-0.4, -0.2) is 18.2 Å². The number of nitrogens with one attached hydrogen (secondary N) is 2. The third-order valence-electron chi connectivity index (χ3n) is 1.65. The Balaban J connectivity index is 2.62. The zero-order valence-corrected chi connectivity index (χ0v) is 8.93. The Morgan fingerprint density at radius 1 is 1.20 bits per heavy atom. The molecule has 0 radical (unpaired) electrons. The molecule has 3 amide bonds. The van der Waals surface area contributed by atoms with Gasteiger partial charge in [0.25, 0.3) is 5.91 Å². The van der Waals surface area contributed by atoms with Gasteiger partial charge in [-0.25, -0.2) is 10.2 Å². The van der Waals surface area contributed by atoms with E-state index in [0.29, 0.717) is 5.56 Å². The standard InChI is InChI=1S/C9H11N3O2S/c1-15-7-4-2-6(3-5-7)8(13)11-12-9(10)14/h2-5H,1H3,(H,11,13)(H3,10,12,14). The highest BCUT2D eigenvalue weighted by atomic mass is 32.2. The summed E-state index contributed by atoms with van der Waals surface area (Å²) in [5, 5.41) is 0. The predicted molar refractivity (Wildman–Crippen MR) is 58.4 cm³/mol. The van der Waals surface area contributed by atoms with Gasteiger partial charge in [0.2, 0.25) is 0 Å². The third kappa shape index (κ3) is 3.51. The molecule has 0 aliphatic heterocycles. The Hall–Kier alpha value is -1.69. The van der Waals surface area contributed by atoms with Gasteiger partial charge in [0, 0.05) is 10.5 Å². The molecule has 6 heteroatoms. The number of primary amides is 1. The maximum atomic E-state index is 11.4. The van der Waals surface area contributed by atoms with Gasteiger partial charge in [-0.2, -0.15) is 0 Å². The molecule has 0 heterocycles. The average Bonchev–Trinajstić information content (AvgIpc) is 2.26. The molecule has 1 aromatic carbocycles. The first kappa shape index (κ1) is 11.4. The predicted octanol–water partition coefficient (Wildman–Crippen LogP) is 0.722. The Bertz CT molecular complexity index is 364. The van der Waals surface area contributed by atoms with Crippen LogP contribution < -0.4 is 16.6 Å². The van der Waals surface area contributed by atoms with E-state index >= 15 is 0 Å². The first-order chi connectivity index (χ1) is 7.13. The molecule has 4 N–H and O–H groups in total. The summed E-state index contributed by atoms with van der Waals surface area (Å²) in [6, 6.07) is 6.19. The molecular weight excluding hydrogens is 214 g/mol. The highest BCUT2D eigenvalue weighted by Gasteiger charge is 2.04. The first-order valence-electron chi connectivity index (χ1n) is 4.13. The molecule has 0 saturated heterocycles. The fourth-order valence-electron chi connectivity index (χ4n) is 0.933. The highest BCUT2D eigenvalue weighted by Crippen LogP contribution is 2.14. The van der Waals surface area contributed by atoms with E-state index in [2.05, 4.69) is 5.43 Å². The van der Waals surface area contributed by atoms with Crippen molar-refractivity contribution in [3.05, 3.63) is 29.8 Å². The van der Waals surface area contributed by atoms with Gasteiger partial charge in [0.05, 0.1) is 0 Å². The van der Waals surface area contributed by atoms with Crippen molar-refractivity contribution in [2.45, 2.75) is 4.90 Å². The van der Waals surface area contributed by atoms with Crippen molar-refractivity contribution >= 4 is 23.7 Å². The van der Waals surface area contributed by atoms with Gasteiger partial charge in [-0.05, 0) is 30.5 Å². The summed E-state index contributed by atoms with van der Waals surface area (Å²) in [5.74, 6) is -0.401. The molecule has 0 aromatic heterocycles. The molecule has 1 aromatic rings. The van der Waals surface area contributed by atoms with Crippen LogP contribution in [-0.2, 0) is 0 Å². The lowest BCUT2D eigenvalue weighted by molar-refractivity contribution is 0.0937. The molecule has 0 unspecified atom stereocenters. The van der Waals surface area contributed by atoms with E-state index in [1.54, 1.807) is 23.9 Å². The van der Waals surface area contributed by atoms with Crippen LogP contribution in [0.4, 0.5) is 4.79 Å². The molecular formula is C9H11N3O2S. The molecule has 0 aliphatic carbocycles. The van der Waals surface area contributed by atoms with Gasteiger partial charge >= 0.3 is 6.03 Å². The second-order valence-corrected chi connectivity index (χ2v) is 3.55. The van der Waals surface area contributed by atoms with Crippen LogP contribution in [0.15, 0.2) is 29.2 Å². The summed E-state index contributed by atoms with van der Waals surface area (Å²) in [7, 11) is 0. The van der Waals surface area contributed by atoms with Gasteiger partial charge in [0.1, 0.15) is 0 Å². The summed E-state index contributed by atoms with van der Waals surface area (Å²) in [6.07, 6.45) is 1.95.